The van der Waals surface area contributed by atoms with Crippen LogP contribution < -0.4 is 21.4 Å². The number of hydrogen-bond acceptors (Lipinski definition) is 6. The second-order valence-electron chi connectivity index (χ2n) is 11.6. The quantitative estimate of drug-likeness (QED) is 0.288. The predicted octanol–water partition coefficient (Wildman–Crippen LogP) is 2.35. The van der Waals surface area contributed by atoms with Gasteiger partial charge in [-0.05, 0) is 43.8 Å². The molecule has 1 aromatic rings. The normalized spacial score (nSPS) is 15.9. The van der Waals surface area contributed by atoms with Crippen molar-refractivity contribution in [1.82, 2.24) is 26.4 Å². The first-order valence-corrected chi connectivity index (χ1v) is 12.6. The molecule has 0 radical (unpaired) electrons. The maximum Gasteiger partial charge on any atom is 0.251 e. The highest BCUT2D eigenvalue weighted by molar-refractivity contribution is 5.83. The predicted molar refractivity (Wildman–Crippen MR) is 143 cm³/mol. The SMILES string of the molecule is CCC(NC(=O)C(NC)C(C)(C)C)[C@@H](O)CN(Cc1ccc(C)cc1)NC(=O)C(NC)C(C)(C)C. The minimum Gasteiger partial charge on any atom is -0.390 e. The molecule has 200 valence electrons. The number of hydrogen-bond donors (Lipinski definition) is 5. The summed E-state index contributed by atoms with van der Waals surface area (Å²) >= 11 is 0. The molecule has 2 amide bonds. The number of aliphatic hydroxyl groups excluding tert-OH is 1. The van der Waals surface area contributed by atoms with Crippen molar-refractivity contribution in [3.05, 3.63) is 35.4 Å². The van der Waals surface area contributed by atoms with E-state index in [1.54, 1.807) is 19.1 Å². The molecular formula is C27H49N5O3. The highest BCUT2D eigenvalue weighted by atomic mass is 16.3. The summed E-state index contributed by atoms with van der Waals surface area (Å²) in [5.74, 6) is -0.317. The zero-order valence-electron chi connectivity index (χ0n) is 23.5. The van der Waals surface area contributed by atoms with Gasteiger partial charge in [-0.3, -0.25) is 15.0 Å². The third kappa shape index (κ3) is 9.88. The molecule has 0 aromatic heterocycles. The molecule has 0 heterocycles. The summed E-state index contributed by atoms with van der Waals surface area (Å²) in [6, 6.07) is 6.81. The Morgan fingerprint density at radius 3 is 1.83 bits per heavy atom. The molecule has 4 atom stereocenters. The van der Waals surface area contributed by atoms with Crippen LogP contribution in [0, 0.1) is 17.8 Å². The Bertz CT molecular complexity index is 799. The van der Waals surface area contributed by atoms with Crippen molar-refractivity contribution >= 4 is 11.8 Å². The number of rotatable bonds is 12. The average molecular weight is 492 g/mol. The lowest BCUT2D eigenvalue weighted by molar-refractivity contribution is -0.132. The van der Waals surface area contributed by atoms with E-state index in [-0.39, 0.29) is 29.2 Å². The van der Waals surface area contributed by atoms with Crippen LogP contribution in [0.15, 0.2) is 24.3 Å². The molecule has 35 heavy (non-hydrogen) atoms. The number of carbonyl (C=O) groups excluding carboxylic acids is 2. The Balaban J connectivity index is 3.07. The molecular weight excluding hydrogens is 442 g/mol. The average Bonchev–Trinajstić information content (AvgIpc) is 2.72. The van der Waals surface area contributed by atoms with E-state index in [0.717, 1.165) is 11.1 Å². The van der Waals surface area contributed by atoms with E-state index < -0.39 is 24.2 Å². The molecule has 0 fully saturated rings. The third-order valence-electron chi connectivity index (χ3n) is 6.24. The summed E-state index contributed by atoms with van der Waals surface area (Å²) in [7, 11) is 3.53. The van der Waals surface area contributed by atoms with E-state index in [2.05, 4.69) is 21.4 Å². The van der Waals surface area contributed by atoms with Gasteiger partial charge in [-0.2, -0.15) is 0 Å². The van der Waals surface area contributed by atoms with E-state index in [1.807, 2.05) is 79.7 Å². The highest BCUT2D eigenvalue weighted by Gasteiger charge is 2.34. The molecule has 0 saturated carbocycles. The molecule has 0 bridgehead atoms. The fraction of sp³-hybridized carbons (Fsp3) is 0.704. The Labute approximate surface area is 212 Å². The molecule has 1 aromatic carbocycles. The number of aliphatic hydroxyl groups is 1. The number of nitrogens with one attached hydrogen (secondary N) is 4. The van der Waals surface area contributed by atoms with Gasteiger partial charge in [0.05, 0.1) is 24.2 Å². The fourth-order valence-corrected chi connectivity index (χ4v) is 4.29. The second-order valence-corrected chi connectivity index (χ2v) is 11.6. The van der Waals surface area contributed by atoms with Crippen LogP contribution in [0.2, 0.25) is 0 Å². The van der Waals surface area contributed by atoms with Gasteiger partial charge in [0.2, 0.25) is 5.91 Å². The van der Waals surface area contributed by atoms with Crippen LogP contribution in [0.4, 0.5) is 0 Å². The van der Waals surface area contributed by atoms with Gasteiger partial charge in [0.15, 0.2) is 0 Å². The smallest absolute Gasteiger partial charge is 0.251 e. The van der Waals surface area contributed by atoms with Gasteiger partial charge in [0, 0.05) is 13.1 Å². The first-order chi connectivity index (χ1) is 16.1. The summed E-state index contributed by atoms with van der Waals surface area (Å²) in [5, 5.41) is 22.1. The van der Waals surface area contributed by atoms with Crippen molar-refractivity contribution in [2.45, 2.75) is 92.6 Å². The molecule has 0 saturated heterocycles. The number of hydrazine groups is 1. The molecule has 0 aliphatic rings. The van der Waals surface area contributed by atoms with Gasteiger partial charge in [-0.1, -0.05) is 78.3 Å². The third-order valence-corrected chi connectivity index (χ3v) is 6.24. The Kier molecular flexibility index (Phi) is 11.8. The van der Waals surface area contributed by atoms with Crippen LogP contribution in [0.25, 0.3) is 0 Å². The van der Waals surface area contributed by atoms with Crippen LogP contribution in [0.5, 0.6) is 0 Å². The highest BCUT2D eigenvalue weighted by Crippen LogP contribution is 2.21. The van der Waals surface area contributed by atoms with Crippen molar-refractivity contribution < 1.29 is 14.7 Å². The molecule has 8 nitrogen and oxygen atoms in total. The second kappa shape index (κ2) is 13.3. The summed E-state index contributed by atoms with van der Waals surface area (Å²) < 4.78 is 0. The minimum absolute atomic E-state index is 0.150. The van der Waals surface area contributed by atoms with Crippen LogP contribution >= 0.6 is 0 Å². The zero-order valence-corrected chi connectivity index (χ0v) is 23.5. The number of likely N-dealkylation sites (N-methyl/N-ethyl adjacent to an activating group) is 2. The molecule has 1 rings (SSSR count). The summed E-state index contributed by atoms with van der Waals surface area (Å²) in [6.07, 6.45) is -0.323. The van der Waals surface area contributed by atoms with Crippen molar-refractivity contribution in [1.29, 1.82) is 0 Å². The molecule has 5 N–H and O–H groups in total. The number of nitrogens with zero attached hydrogens (tertiary/aromatic N) is 1. The van der Waals surface area contributed by atoms with Gasteiger partial charge in [0.25, 0.3) is 5.91 Å². The van der Waals surface area contributed by atoms with Crippen molar-refractivity contribution in [2.75, 3.05) is 20.6 Å². The Morgan fingerprint density at radius 2 is 1.40 bits per heavy atom. The van der Waals surface area contributed by atoms with Crippen LogP contribution in [0.3, 0.4) is 0 Å². The van der Waals surface area contributed by atoms with Crippen LogP contribution in [0.1, 0.15) is 66.0 Å². The van der Waals surface area contributed by atoms with E-state index >= 15 is 0 Å². The molecule has 3 unspecified atom stereocenters. The van der Waals surface area contributed by atoms with E-state index in [1.165, 1.54) is 0 Å². The van der Waals surface area contributed by atoms with Crippen LogP contribution in [-0.4, -0.2) is 66.8 Å². The Hall–Kier alpha value is -2.00. The number of carbonyl (C=O) groups is 2. The summed E-state index contributed by atoms with van der Waals surface area (Å²) in [5.41, 5.74) is 4.61. The van der Waals surface area contributed by atoms with Crippen molar-refractivity contribution in [2.24, 2.45) is 10.8 Å². The van der Waals surface area contributed by atoms with Gasteiger partial charge in [0.1, 0.15) is 0 Å². The minimum atomic E-state index is -0.880. The van der Waals surface area contributed by atoms with Gasteiger partial charge >= 0.3 is 0 Å². The maximum absolute atomic E-state index is 13.1. The van der Waals surface area contributed by atoms with Gasteiger partial charge < -0.3 is 21.1 Å². The molecule has 0 spiro atoms. The van der Waals surface area contributed by atoms with Crippen LogP contribution in [-0.2, 0) is 16.1 Å². The monoisotopic (exact) mass is 491 g/mol. The molecule has 0 aliphatic heterocycles. The van der Waals surface area contributed by atoms with Gasteiger partial charge in [-0.25, -0.2) is 5.01 Å². The number of aryl methyl sites for hydroxylation is 1. The lowest BCUT2D eigenvalue weighted by Gasteiger charge is -2.35. The molecule has 0 aliphatic carbocycles. The first kappa shape index (κ1) is 31.0. The maximum atomic E-state index is 13.1. The fourth-order valence-electron chi connectivity index (χ4n) is 4.29. The van der Waals surface area contributed by atoms with E-state index in [0.29, 0.717) is 13.0 Å². The molecule has 8 heteroatoms. The first-order valence-electron chi connectivity index (χ1n) is 12.6. The Morgan fingerprint density at radius 1 is 0.914 bits per heavy atom. The van der Waals surface area contributed by atoms with Gasteiger partial charge in [-0.15, -0.1) is 0 Å². The zero-order chi connectivity index (χ0) is 27.0. The summed E-state index contributed by atoms with van der Waals surface area (Å²) in [4.78, 5) is 26.1. The largest absolute Gasteiger partial charge is 0.390 e. The lowest BCUT2D eigenvalue weighted by atomic mass is 9.86. The van der Waals surface area contributed by atoms with Crippen molar-refractivity contribution in [3.63, 3.8) is 0 Å². The van der Waals surface area contributed by atoms with E-state index in [9.17, 15) is 14.7 Å². The number of amides is 2. The standard InChI is InChI=1S/C27H49N5O3/c1-11-20(30-24(34)22(28-9)26(3,4)5)21(33)17-32(16-19-14-12-18(2)13-15-19)31-25(35)23(29-10)27(6,7)8/h12-15,20-23,28-29,33H,11,16-17H2,1-10H3,(H,30,34)(H,31,35)/t20?,21-,22?,23?/m0/s1. The summed E-state index contributed by atoms with van der Waals surface area (Å²) in [6.45, 7) is 16.5. The topological polar surface area (TPSA) is 106 Å². The lowest BCUT2D eigenvalue weighted by Crippen LogP contribution is -2.59. The van der Waals surface area contributed by atoms with E-state index in [4.69, 9.17) is 0 Å². The van der Waals surface area contributed by atoms with Crippen molar-refractivity contribution in [3.8, 4) is 0 Å². The number of benzene rings is 1.